The van der Waals surface area contributed by atoms with E-state index in [-0.39, 0.29) is 23.1 Å². The third-order valence-corrected chi connectivity index (χ3v) is 3.89. The Balaban J connectivity index is 1.74. The van der Waals surface area contributed by atoms with Crippen molar-refractivity contribution in [3.63, 3.8) is 0 Å². The zero-order valence-electron chi connectivity index (χ0n) is 15.1. The molecule has 1 aromatic heterocycles. The highest BCUT2D eigenvalue weighted by Crippen LogP contribution is 2.28. The van der Waals surface area contributed by atoms with Crippen molar-refractivity contribution in [1.82, 2.24) is 10.3 Å². The van der Waals surface area contributed by atoms with Gasteiger partial charge in [0.25, 0.3) is 0 Å². The molecule has 10 nitrogen and oxygen atoms in total. The largest absolute Gasteiger partial charge is 0.493 e. The first kappa shape index (κ1) is 19.8. The van der Waals surface area contributed by atoms with Crippen molar-refractivity contribution >= 4 is 35.4 Å². The van der Waals surface area contributed by atoms with Crippen LogP contribution in [0.1, 0.15) is 21.6 Å². The lowest BCUT2D eigenvalue weighted by molar-refractivity contribution is -0.456. The molecule has 0 spiro atoms. The molecule has 2 aromatic carbocycles. The first-order valence-electron chi connectivity index (χ1n) is 8.14. The van der Waals surface area contributed by atoms with E-state index in [1.807, 2.05) is 0 Å². The third kappa shape index (κ3) is 4.87. The van der Waals surface area contributed by atoms with Gasteiger partial charge in [-0.15, -0.1) is 5.10 Å². The molecule has 0 atom stereocenters. The molecular formula is C18H16ClN6O4+. The summed E-state index contributed by atoms with van der Waals surface area (Å²) in [5.74, 6) is 0.104. The lowest BCUT2D eigenvalue weighted by Gasteiger charge is -2.09. The number of nitrogen functional groups attached to an aromatic ring is 1. The number of hydrogen-bond donors (Lipinski definition) is 3. The number of amidine groups is 1. The van der Waals surface area contributed by atoms with Gasteiger partial charge in [-0.05, 0) is 52.8 Å². The Morgan fingerprint density at radius 3 is 2.62 bits per heavy atom. The lowest BCUT2D eigenvalue weighted by atomic mass is 10.2. The number of carbonyl (C=O) groups is 1. The van der Waals surface area contributed by atoms with Crippen LogP contribution in [0.4, 0.5) is 5.82 Å². The molecule has 3 aromatic rings. The van der Waals surface area contributed by atoms with Crippen molar-refractivity contribution in [3.05, 3.63) is 64.3 Å². The van der Waals surface area contributed by atoms with Gasteiger partial charge in [-0.3, -0.25) is 0 Å². The number of methoxy groups -OCH3 is 1. The number of nitrogens with one attached hydrogen (secondary N) is 1. The Morgan fingerprint density at radius 1 is 1.21 bits per heavy atom. The van der Waals surface area contributed by atoms with Gasteiger partial charge in [0.2, 0.25) is 12.1 Å². The quantitative estimate of drug-likeness (QED) is 0.171. The minimum Gasteiger partial charge on any atom is -0.493 e. The number of nitrogens with two attached hydrogens (primary N) is 2. The molecule has 0 amide bonds. The molecule has 29 heavy (non-hydrogen) atoms. The fraction of sp³-hybridized carbons (Fsp3) is 0.0556. The van der Waals surface area contributed by atoms with Crippen molar-refractivity contribution in [1.29, 1.82) is 0 Å². The van der Waals surface area contributed by atoms with Gasteiger partial charge in [-0.25, -0.2) is 9.42 Å². The summed E-state index contributed by atoms with van der Waals surface area (Å²) in [4.78, 5) is 12.3. The van der Waals surface area contributed by atoms with Crippen LogP contribution in [0, 0.1) is 0 Å². The zero-order valence-corrected chi connectivity index (χ0v) is 15.9. The number of rotatable bonds is 6. The normalized spacial score (nSPS) is 11.6. The van der Waals surface area contributed by atoms with Crippen molar-refractivity contribution in [2.45, 2.75) is 0 Å². The number of hydrogen-bond acceptors (Lipinski definition) is 8. The van der Waals surface area contributed by atoms with Gasteiger partial charge in [0.1, 0.15) is 0 Å². The highest BCUT2D eigenvalue weighted by atomic mass is 35.5. The van der Waals surface area contributed by atoms with Gasteiger partial charge in [0.15, 0.2) is 23.0 Å². The minimum atomic E-state index is -0.536. The summed E-state index contributed by atoms with van der Waals surface area (Å²) < 4.78 is 15.1. The minimum absolute atomic E-state index is 0.000444. The summed E-state index contributed by atoms with van der Waals surface area (Å²) in [5.41, 5.74) is 12.4. The molecule has 5 N–H and O–H groups in total. The van der Waals surface area contributed by atoms with Gasteiger partial charge in [-0.1, -0.05) is 11.6 Å². The maximum atomic E-state index is 12.3. The standard InChI is InChI=1S/C18H15ClN6O4/c1-27-14-8-10(9-22-23-16(20)15-17(21)25-29-24-15)2-7-13(14)28-18(26)11-3-5-12(19)6-4-11/h2-9H,1H3,(H2,20,23)(H2,21,25)/p+1/b22-9-. The molecule has 0 fully saturated rings. The van der Waals surface area contributed by atoms with Gasteiger partial charge in [0, 0.05) is 15.7 Å². The number of benzene rings is 2. The van der Waals surface area contributed by atoms with E-state index in [2.05, 4.69) is 25.1 Å². The number of carbonyl (C=O) groups excluding carboxylic acids is 1. The average Bonchev–Trinajstić information content (AvgIpc) is 3.15. The molecule has 0 radical (unpaired) electrons. The third-order valence-electron chi connectivity index (χ3n) is 3.64. The molecule has 148 valence electrons. The molecule has 3 rings (SSSR count). The van der Waals surface area contributed by atoms with Crippen LogP contribution in [0.15, 0.2) is 52.2 Å². The van der Waals surface area contributed by atoms with Crippen LogP contribution >= 0.6 is 11.6 Å². The van der Waals surface area contributed by atoms with Gasteiger partial charge in [0.05, 0.1) is 12.7 Å². The van der Waals surface area contributed by atoms with Crippen LogP contribution < -0.4 is 26.0 Å². The summed E-state index contributed by atoms with van der Waals surface area (Å²) in [6.45, 7) is 0. The molecule has 0 unspecified atom stereocenters. The fourth-order valence-electron chi connectivity index (χ4n) is 2.21. The number of ether oxygens (including phenoxy) is 2. The van der Waals surface area contributed by atoms with Gasteiger partial charge >= 0.3 is 5.97 Å². The number of aromatic nitrogens is 2. The Morgan fingerprint density at radius 2 is 1.97 bits per heavy atom. The number of esters is 1. The number of halogens is 1. The topological polar surface area (TPSA) is 153 Å². The first-order chi connectivity index (χ1) is 14.0. The summed E-state index contributed by atoms with van der Waals surface area (Å²) >= 11 is 5.82. The Hall–Kier alpha value is -3.92. The van der Waals surface area contributed by atoms with Crippen molar-refractivity contribution in [2.24, 2.45) is 10.8 Å². The maximum absolute atomic E-state index is 12.3. The van der Waals surface area contributed by atoms with Crippen molar-refractivity contribution < 1.29 is 24.0 Å². The molecule has 0 aliphatic heterocycles. The SMILES string of the molecule is COc1cc(/C=[NH+]\N=C(N)c2nonc2N)ccc1OC(=O)c1ccc(Cl)cc1. The van der Waals surface area contributed by atoms with E-state index in [0.29, 0.717) is 21.9 Å². The van der Waals surface area contributed by atoms with Crippen LogP contribution in [-0.2, 0) is 0 Å². The van der Waals surface area contributed by atoms with Crippen molar-refractivity contribution in [3.8, 4) is 11.5 Å². The van der Waals surface area contributed by atoms with E-state index in [1.165, 1.54) is 7.11 Å². The second kappa shape index (κ2) is 8.85. The van der Waals surface area contributed by atoms with Crippen LogP contribution in [-0.4, -0.2) is 35.4 Å². The van der Waals surface area contributed by atoms with Gasteiger partial charge in [-0.2, -0.15) is 0 Å². The monoisotopic (exact) mass is 415 g/mol. The Labute approximate surface area is 169 Å². The number of hydrazone groups is 1. The molecule has 0 bridgehead atoms. The summed E-state index contributed by atoms with van der Waals surface area (Å²) in [6, 6.07) is 11.3. The van der Waals surface area contributed by atoms with E-state index < -0.39 is 5.97 Å². The molecule has 1 heterocycles. The van der Waals surface area contributed by atoms with Crippen molar-refractivity contribution in [2.75, 3.05) is 12.8 Å². The van der Waals surface area contributed by atoms with Crippen LogP contribution in [0.3, 0.4) is 0 Å². The predicted octanol–water partition coefficient (Wildman–Crippen LogP) is 0.353. The van der Waals surface area contributed by atoms with E-state index in [9.17, 15) is 4.79 Å². The summed E-state index contributed by atoms with van der Waals surface area (Å²) in [5, 5.41) is 14.0. The van der Waals surface area contributed by atoms with E-state index in [1.54, 1.807) is 48.7 Å². The average molecular weight is 416 g/mol. The molecule has 0 aliphatic rings. The molecule has 0 saturated heterocycles. The molecule has 0 saturated carbocycles. The first-order valence-corrected chi connectivity index (χ1v) is 8.52. The van der Waals surface area contributed by atoms with Crippen LogP contribution in [0.2, 0.25) is 5.02 Å². The van der Waals surface area contributed by atoms with E-state index in [0.717, 1.165) is 0 Å². The zero-order chi connectivity index (χ0) is 20.8. The second-order valence-electron chi connectivity index (χ2n) is 5.58. The smallest absolute Gasteiger partial charge is 0.343 e. The molecule has 11 heteroatoms. The Bertz CT molecular complexity index is 1080. The van der Waals surface area contributed by atoms with E-state index >= 15 is 0 Å². The second-order valence-corrected chi connectivity index (χ2v) is 6.01. The summed E-state index contributed by atoms with van der Waals surface area (Å²) in [7, 11) is 1.46. The van der Waals surface area contributed by atoms with E-state index in [4.69, 9.17) is 32.5 Å². The number of nitrogens with zero attached hydrogens (tertiary/aromatic N) is 3. The fourth-order valence-corrected chi connectivity index (χ4v) is 2.33. The molecule has 0 aliphatic carbocycles. The highest BCUT2D eigenvalue weighted by Gasteiger charge is 2.14. The van der Waals surface area contributed by atoms with Crippen LogP contribution in [0.5, 0.6) is 11.5 Å². The van der Waals surface area contributed by atoms with Gasteiger partial charge < -0.3 is 20.9 Å². The number of anilines is 1. The van der Waals surface area contributed by atoms with Crippen LogP contribution in [0.25, 0.3) is 0 Å². The predicted molar refractivity (Wildman–Crippen MR) is 105 cm³/mol. The lowest BCUT2D eigenvalue weighted by Crippen LogP contribution is -2.63. The maximum Gasteiger partial charge on any atom is 0.343 e. The molecular weight excluding hydrogens is 400 g/mol. The Kier molecular flexibility index (Phi) is 6.05. The summed E-state index contributed by atoms with van der Waals surface area (Å²) in [6.07, 6.45) is 1.55. The highest BCUT2D eigenvalue weighted by molar-refractivity contribution is 6.30.